The van der Waals surface area contributed by atoms with Crippen molar-refractivity contribution in [1.29, 1.82) is 0 Å². The van der Waals surface area contributed by atoms with Crippen LogP contribution in [0.5, 0.6) is 0 Å². The molecule has 1 heterocycles. The zero-order valence-electron chi connectivity index (χ0n) is 16.6. The van der Waals surface area contributed by atoms with Gasteiger partial charge in [0, 0.05) is 18.1 Å². The maximum atomic E-state index is 13.4. The summed E-state index contributed by atoms with van der Waals surface area (Å²) in [7, 11) is 0. The molecule has 4 rings (SSSR count). The summed E-state index contributed by atoms with van der Waals surface area (Å²) in [6.07, 6.45) is 10.9. The van der Waals surface area contributed by atoms with E-state index in [4.69, 9.17) is 4.74 Å². The molecule has 1 saturated carbocycles. The molecule has 2 aliphatic rings. The van der Waals surface area contributed by atoms with E-state index in [0.29, 0.717) is 0 Å². The molecule has 1 nitrogen and oxygen atoms in total. The van der Waals surface area contributed by atoms with Crippen molar-refractivity contribution in [3.8, 4) is 0 Å². The van der Waals surface area contributed by atoms with Gasteiger partial charge in [0.05, 0.1) is 5.60 Å². The highest BCUT2D eigenvalue weighted by atomic mass is 19.1. The largest absolute Gasteiger partial charge is 0.375 e. The van der Waals surface area contributed by atoms with Crippen LogP contribution in [0.3, 0.4) is 0 Å². The molecule has 3 heteroatoms. The smallest absolute Gasteiger partial charge is 0.126 e. The summed E-state index contributed by atoms with van der Waals surface area (Å²) in [5.41, 5.74) is 2.42. The maximum absolute atomic E-state index is 13.4. The average molecular weight is 385 g/mol. The van der Waals surface area contributed by atoms with Crippen LogP contribution in [0.2, 0.25) is 0 Å². The fraction of sp³-hybridized carbons (Fsp3) is 0.520. The van der Waals surface area contributed by atoms with Gasteiger partial charge in [0.1, 0.15) is 11.6 Å². The third-order valence-electron chi connectivity index (χ3n) is 6.84. The molecule has 0 unspecified atom stereocenters. The van der Waals surface area contributed by atoms with Gasteiger partial charge in [-0.3, -0.25) is 0 Å². The third kappa shape index (κ3) is 4.30. The number of rotatable bonds is 6. The zero-order valence-corrected chi connectivity index (χ0v) is 16.6. The second kappa shape index (κ2) is 8.32. The normalized spacial score (nSPS) is 23.9. The fourth-order valence-electron chi connectivity index (χ4n) is 5.50. The predicted octanol–water partition coefficient (Wildman–Crippen LogP) is 6.74. The van der Waals surface area contributed by atoms with Crippen LogP contribution in [-0.2, 0) is 16.6 Å². The molecular weight excluding hydrogens is 354 g/mol. The van der Waals surface area contributed by atoms with Gasteiger partial charge in [0.25, 0.3) is 0 Å². The molecule has 2 aromatic rings. The van der Waals surface area contributed by atoms with Gasteiger partial charge in [-0.1, -0.05) is 49.6 Å². The molecule has 0 bridgehead atoms. The summed E-state index contributed by atoms with van der Waals surface area (Å²) in [4.78, 5) is 0. The summed E-state index contributed by atoms with van der Waals surface area (Å²) < 4.78 is 33.2. The molecule has 1 atom stereocenters. The predicted molar refractivity (Wildman–Crippen MR) is 108 cm³/mol. The van der Waals surface area contributed by atoms with Crippen molar-refractivity contribution in [3.05, 3.63) is 71.3 Å². The van der Waals surface area contributed by atoms with Crippen LogP contribution in [0.4, 0.5) is 8.78 Å². The van der Waals surface area contributed by atoms with Crippen LogP contribution in [0.1, 0.15) is 68.9 Å². The van der Waals surface area contributed by atoms with Crippen molar-refractivity contribution < 1.29 is 13.5 Å². The van der Waals surface area contributed by atoms with Crippen LogP contribution >= 0.6 is 0 Å². The lowest BCUT2D eigenvalue weighted by Gasteiger charge is -2.47. The molecule has 0 aromatic heterocycles. The number of benzene rings is 2. The van der Waals surface area contributed by atoms with E-state index in [-0.39, 0.29) is 11.0 Å². The van der Waals surface area contributed by atoms with Gasteiger partial charge in [-0.15, -0.1) is 0 Å². The molecule has 1 saturated heterocycles. The minimum absolute atomic E-state index is 0.0692. The number of ether oxygens (including phenoxy) is 1. The van der Waals surface area contributed by atoms with Crippen molar-refractivity contribution in [2.45, 2.75) is 75.2 Å². The lowest BCUT2D eigenvalue weighted by molar-refractivity contribution is -0.104. The highest BCUT2D eigenvalue weighted by Crippen LogP contribution is 2.50. The first-order valence-electron chi connectivity index (χ1n) is 10.7. The van der Waals surface area contributed by atoms with E-state index in [1.807, 2.05) is 0 Å². The standard InChI is InChI=1S/C25H30F2O/c26-22-16-20(17-23(27)18-22)8-4-5-11-24(21-9-2-1-3-10-21)14-15-28-25(19-24)12-6-7-13-25/h1-3,9-10,16-18H,4-8,11-15,19H2/t24-/m1/s1. The zero-order chi connectivity index (χ0) is 19.5. The van der Waals surface area contributed by atoms with E-state index < -0.39 is 11.6 Å². The maximum Gasteiger partial charge on any atom is 0.126 e. The van der Waals surface area contributed by atoms with E-state index in [9.17, 15) is 8.78 Å². The topological polar surface area (TPSA) is 9.23 Å². The highest BCUT2D eigenvalue weighted by molar-refractivity contribution is 5.27. The Morgan fingerprint density at radius 3 is 2.29 bits per heavy atom. The summed E-state index contributed by atoms with van der Waals surface area (Å²) >= 11 is 0. The van der Waals surface area contributed by atoms with Crippen LogP contribution in [-0.4, -0.2) is 12.2 Å². The van der Waals surface area contributed by atoms with Gasteiger partial charge in [-0.25, -0.2) is 8.78 Å². The number of hydrogen-bond donors (Lipinski definition) is 0. The van der Waals surface area contributed by atoms with E-state index >= 15 is 0 Å². The molecule has 2 fully saturated rings. The second-order valence-electron chi connectivity index (χ2n) is 8.80. The molecule has 1 aliphatic carbocycles. The summed E-state index contributed by atoms with van der Waals surface area (Å²) in [6.45, 7) is 0.837. The SMILES string of the molecule is Fc1cc(F)cc(CCCC[C@@]2(c3ccccc3)CCOC3(CCCC3)C2)c1. The fourth-order valence-corrected chi connectivity index (χ4v) is 5.50. The quantitative estimate of drug-likeness (QED) is 0.501. The molecule has 28 heavy (non-hydrogen) atoms. The van der Waals surface area contributed by atoms with Crippen molar-refractivity contribution >= 4 is 0 Å². The molecule has 150 valence electrons. The molecular formula is C25H30F2O. The first-order valence-corrected chi connectivity index (χ1v) is 10.7. The second-order valence-corrected chi connectivity index (χ2v) is 8.80. The Balaban J connectivity index is 1.45. The van der Waals surface area contributed by atoms with Crippen molar-refractivity contribution in [2.75, 3.05) is 6.61 Å². The Morgan fingerprint density at radius 2 is 1.57 bits per heavy atom. The minimum Gasteiger partial charge on any atom is -0.375 e. The monoisotopic (exact) mass is 384 g/mol. The Bertz CT molecular complexity index is 762. The van der Waals surface area contributed by atoms with Gasteiger partial charge in [-0.2, -0.15) is 0 Å². The average Bonchev–Trinajstić information content (AvgIpc) is 3.13. The summed E-state index contributed by atoms with van der Waals surface area (Å²) in [5.74, 6) is -0.966. The molecule has 0 N–H and O–H groups in total. The highest BCUT2D eigenvalue weighted by Gasteiger charge is 2.47. The number of halogens is 2. The summed E-state index contributed by atoms with van der Waals surface area (Å²) in [5, 5.41) is 0. The van der Waals surface area contributed by atoms with Crippen LogP contribution in [0.15, 0.2) is 48.5 Å². The lowest BCUT2D eigenvalue weighted by atomic mass is 9.65. The van der Waals surface area contributed by atoms with Gasteiger partial charge in [-0.05, 0) is 68.2 Å². The molecule has 0 radical (unpaired) electrons. The Morgan fingerprint density at radius 1 is 0.857 bits per heavy atom. The van der Waals surface area contributed by atoms with Gasteiger partial charge in [0.2, 0.25) is 0 Å². The van der Waals surface area contributed by atoms with E-state index in [1.54, 1.807) is 0 Å². The minimum atomic E-state index is -0.483. The first kappa shape index (κ1) is 19.6. The van der Waals surface area contributed by atoms with Gasteiger partial charge in [0.15, 0.2) is 0 Å². The number of aryl methyl sites for hydroxylation is 1. The number of hydrogen-bond acceptors (Lipinski definition) is 1. The molecule has 0 amide bonds. The van der Waals surface area contributed by atoms with Crippen LogP contribution in [0, 0.1) is 11.6 Å². The van der Waals surface area contributed by atoms with Crippen molar-refractivity contribution in [1.82, 2.24) is 0 Å². The van der Waals surface area contributed by atoms with E-state index in [0.717, 1.165) is 56.8 Å². The molecule has 1 spiro atoms. The van der Waals surface area contributed by atoms with Crippen molar-refractivity contribution in [2.24, 2.45) is 0 Å². The Labute approximate surface area is 167 Å². The summed E-state index contributed by atoms with van der Waals surface area (Å²) in [6, 6.07) is 14.8. The Hall–Kier alpha value is -1.74. The van der Waals surface area contributed by atoms with Crippen molar-refractivity contribution in [3.63, 3.8) is 0 Å². The van der Waals surface area contributed by atoms with Crippen LogP contribution in [0.25, 0.3) is 0 Å². The number of unbranched alkanes of at least 4 members (excludes halogenated alkanes) is 1. The third-order valence-corrected chi connectivity index (χ3v) is 6.84. The van der Waals surface area contributed by atoms with Gasteiger partial charge >= 0.3 is 0 Å². The first-order chi connectivity index (χ1) is 13.6. The van der Waals surface area contributed by atoms with E-state index in [2.05, 4.69) is 30.3 Å². The van der Waals surface area contributed by atoms with Gasteiger partial charge < -0.3 is 4.74 Å². The molecule has 1 aliphatic heterocycles. The van der Waals surface area contributed by atoms with Crippen LogP contribution < -0.4 is 0 Å². The molecule has 2 aromatic carbocycles. The lowest BCUT2D eigenvalue weighted by Crippen LogP contribution is -2.46. The Kier molecular flexibility index (Phi) is 5.82. The van der Waals surface area contributed by atoms with E-state index in [1.165, 1.54) is 43.4 Å².